The Morgan fingerprint density at radius 1 is 1.00 bits per heavy atom. The summed E-state index contributed by atoms with van der Waals surface area (Å²) in [7, 11) is 0. The van der Waals surface area contributed by atoms with Crippen molar-refractivity contribution >= 4 is 17.7 Å². The van der Waals surface area contributed by atoms with Crippen LogP contribution in [0.5, 0.6) is 0 Å². The Bertz CT molecular complexity index is 932. The van der Waals surface area contributed by atoms with Crippen molar-refractivity contribution in [2.24, 2.45) is 11.8 Å². The molecule has 4 rings (SSSR count). The van der Waals surface area contributed by atoms with Gasteiger partial charge in [0.05, 0.1) is 16.8 Å². The molecule has 1 unspecified atom stereocenters. The van der Waals surface area contributed by atoms with E-state index in [4.69, 9.17) is 0 Å². The first-order valence-corrected chi connectivity index (χ1v) is 8.81. The number of rotatable bonds is 3. The van der Waals surface area contributed by atoms with Crippen LogP contribution < -0.4 is 5.32 Å². The van der Waals surface area contributed by atoms with Crippen molar-refractivity contribution in [1.29, 1.82) is 0 Å². The number of nitrogens with zero attached hydrogens (tertiary/aromatic N) is 1. The highest BCUT2D eigenvalue weighted by Crippen LogP contribution is 2.59. The number of aromatic carboxylic acids is 1. The average molecular weight is 390 g/mol. The fourth-order valence-electron chi connectivity index (χ4n) is 4.17. The van der Waals surface area contributed by atoms with Gasteiger partial charge in [-0.15, -0.1) is 0 Å². The molecular formula is C20H17F3N2O3. The van der Waals surface area contributed by atoms with E-state index < -0.39 is 23.7 Å². The molecule has 0 spiro atoms. The maximum absolute atomic E-state index is 13.2. The lowest BCUT2D eigenvalue weighted by molar-refractivity contribution is -0.138. The summed E-state index contributed by atoms with van der Waals surface area (Å²) in [5, 5.41) is 11.8. The molecule has 28 heavy (non-hydrogen) atoms. The second-order valence-electron chi connectivity index (χ2n) is 7.12. The van der Waals surface area contributed by atoms with Crippen molar-refractivity contribution in [2.75, 3.05) is 18.4 Å². The van der Waals surface area contributed by atoms with E-state index in [0.29, 0.717) is 18.7 Å². The minimum Gasteiger partial charge on any atom is -0.478 e. The van der Waals surface area contributed by atoms with E-state index in [9.17, 15) is 27.9 Å². The zero-order chi connectivity index (χ0) is 20.1. The van der Waals surface area contributed by atoms with Crippen molar-refractivity contribution in [3.8, 4) is 0 Å². The van der Waals surface area contributed by atoms with Crippen LogP contribution in [-0.2, 0) is 6.18 Å². The second kappa shape index (κ2) is 6.54. The second-order valence-corrected chi connectivity index (χ2v) is 7.12. The summed E-state index contributed by atoms with van der Waals surface area (Å²) in [6.07, 6.45) is -4.40. The number of amides is 2. The molecule has 2 fully saturated rings. The predicted molar refractivity (Wildman–Crippen MR) is 95.2 cm³/mol. The van der Waals surface area contributed by atoms with Gasteiger partial charge in [0.1, 0.15) is 0 Å². The number of halogens is 3. The molecule has 1 aliphatic carbocycles. The number of nitrogens with one attached hydrogen (secondary N) is 1. The van der Waals surface area contributed by atoms with E-state index in [1.54, 1.807) is 18.2 Å². The summed E-state index contributed by atoms with van der Waals surface area (Å²) >= 11 is 0. The summed E-state index contributed by atoms with van der Waals surface area (Å²) in [6, 6.07) is 11.2. The molecule has 8 heteroatoms. The number of carboxylic acid groups (broad SMARTS) is 1. The summed E-state index contributed by atoms with van der Waals surface area (Å²) in [5.41, 5.74) is -0.140. The standard InChI is InChI=1S/C20H17F3N2O3/c21-20(22,23)15-7-3-1-5-11(15)17-13-9-25(10-14(13)17)19(28)24-16-8-4-2-6-12(16)18(26)27/h1-8,13-14,17H,9-10H2,(H,24,28)(H,26,27)/t13-,14+,17?. The number of urea groups is 1. The molecule has 3 atom stereocenters. The van der Waals surface area contributed by atoms with Gasteiger partial charge < -0.3 is 15.3 Å². The molecule has 146 valence electrons. The van der Waals surface area contributed by atoms with Crippen LogP contribution >= 0.6 is 0 Å². The quantitative estimate of drug-likeness (QED) is 0.822. The van der Waals surface area contributed by atoms with Crippen LogP contribution in [0.25, 0.3) is 0 Å². The van der Waals surface area contributed by atoms with Gasteiger partial charge in [0.2, 0.25) is 0 Å². The Hall–Kier alpha value is -3.03. The fraction of sp³-hybridized carbons (Fsp3) is 0.300. The molecular weight excluding hydrogens is 373 g/mol. The smallest absolute Gasteiger partial charge is 0.416 e. The number of carbonyl (C=O) groups is 2. The van der Waals surface area contributed by atoms with E-state index in [-0.39, 0.29) is 29.0 Å². The maximum atomic E-state index is 13.2. The van der Waals surface area contributed by atoms with Crippen LogP contribution in [-0.4, -0.2) is 35.1 Å². The minimum atomic E-state index is -4.40. The van der Waals surface area contributed by atoms with Crippen molar-refractivity contribution < 1.29 is 27.9 Å². The van der Waals surface area contributed by atoms with Gasteiger partial charge >= 0.3 is 18.2 Å². The summed E-state index contributed by atoms with van der Waals surface area (Å²) < 4.78 is 39.7. The molecule has 2 N–H and O–H groups in total. The summed E-state index contributed by atoms with van der Waals surface area (Å²) in [5.74, 6) is -1.37. The number of alkyl halides is 3. The van der Waals surface area contributed by atoms with Crippen LogP contribution in [0, 0.1) is 11.8 Å². The zero-order valence-electron chi connectivity index (χ0n) is 14.6. The third-order valence-electron chi connectivity index (χ3n) is 5.51. The van der Waals surface area contributed by atoms with Crippen LogP contribution in [0.4, 0.5) is 23.7 Å². The van der Waals surface area contributed by atoms with Gasteiger partial charge in [0.25, 0.3) is 0 Å². The lowest BCUT2D eigenvalue weighted by Crippen LogP contribution is -2.35. The summed E-state index contributed by atoms with van der Waals surface area (Å²) in [6.45, 7) is 0.700. The van der Waals surface area contributed by atoms with Crippen molar-refractivity contribution in [2.45, 2.75) is 12.1 Å². The highest BCUT2D eigenvalue weighted by molar-refractivity contribution is 6.00. The fourth-order valence-corrected chi connectivity index (χ4v) is 4.17. The van der Waals surface area contributed by atoms with Crippen LogP contribution in [0.2, 0.25) is 0 Å². The molecule has 2 aliphatic rings. The minimum absolute atomic E-state index is 0.0102. The highest BCUT2D eigenvalue weighted by Gasteiger charge is 2.58. The Morgan fingerprint density at radius 3 is 2.25 bits per heavy atom. The maximum Gasteiger partial charge on any atom is 0.416 e. The third kappa shape index (κ3) is 3.19. The van der Waals surface area contributed by atoms with Crippen LogP contribution in [0.15, 0.2) is 48.5 Å². The molecule has 2 amide bonds. The number of fused-ring (bicyclic) bond motifs is 1. The van der Waals surface area contributed by atoms with Crippen LogP contribution in [0.1, 0.15) is 27.4 Å². The van der Waals surface area contributed by atoms with Gasteiger partial charge in [0.15, 0.2) is 0 Å². The lowest BCUT2D eigenvalue weighted by atomic mass is 10.00. The van der Waals surface area contributed by atoms with Gasteiger partial charge in [-0.25, -0.2) is 9.59 Å². The van der Waals surface area contributed by atoms with Gasteiger partial charge in [-0.05, 0) is 41.5 Å². The van der Waals surface area contributed by atoms with Crippen molar-refractivity contribution in [3.63, 3.8) is 0 Å². The lowest BCUT2D eigenvalue weighted by Gasteiger charge is -2.22. The van der Waals surface area contributed by atoms with E-state index in [1.807, 2.05) is 0 Å². The first-order valence-electron chi connectivity index (χ1n) is 8.81. The first kappa shape index (κ1) is 18.3. The molecule has 1 heterocycles. The highest BCUT2D eigenvalue weighted by atomic mass is 19.4. The number of carbonyl (C=O) groups excluding carboxylic acids is 1. The number of likely N-dealkylation sites (tertiary alicyclic amines) is 1. The largest absolute Gasteiger partial charge is 0.478 e. The van der Waals surface area contributed by atoms with E-state index in [1.165, 1.54) is 29.2 Å². The van der Waals surface area contributed by atoms with E-state index in [0.717, 1.165) is 6.07 Å². The third-order valence-corrected chi connectivity index (χ3v) is 5.51. The normalized spacial score (nSPS) is 23.2. The number of para-hydroxylation sites is 1. The van der Waals surface area contributed by atoms with E-state index >= 15 is 0 Å². The Balaban J connectivity index is 1.44. The monoisotopic (exact) mass is 390 g/mol. The molecule has 0 radical (unpaired) electrons. The van der Waals surface area contributed by atoms with Gasteiger partial charge in [-0.3, -0.25) is 0 Å². The average Bonchev–Trinajstić information content (AvgIpc) is 3.14. The number of piperidine rings is 1. The van der Waals surface area contributed by atoms with Crippen molar-refractivity contribution in [3.05, 3.63) is 65.2 Å². The number of hydrogen-bond donors (Lipinski definition) is 2. The molecule has 2 aromatic rings. The molecule has 2 aromatic carbocycles. The van der Waals surface area contributed by atoms with E-state index in [2.05, 4.69) is 5.32 Å². The number of benzene rings is 2. The molecule has 1 aliphatic heterocycles. The summed E-state index contributed by atoms with van der Waals surface area (Å²) in [4.78, 5) is 25.2. The Kier molecular flexibility index (Phi) is 4.28. The predicted octanol–water partition coefficient (Wildman–Crippen LogP) is 4.28. The molecule has 1 saturated carbocycles. The molecule has 5 nitrogen and oxygen atoms in total. The van der Waals surface area contributed by atoms with Gasteiger partial charge in [-0.2, -0.15) is 13.2 Å². The molecule has 0 bridgehead atoms. The van der Waals surface area contributed by atoms with Gasteiger partial charge in [-0.1, -0.05) is 30.3 Å². The number of hydrogen-bond acceptors (Lipinski definition) is 2. The number of anilines is 1. The topological polar surface area (TPSA) is 69.6 Å². The molecule has 0 aromatic heterocycles. The molecule has 1 saturated heterocycles. The first-order chi connectivity index (χ1) is 13.3. The zero-order valence-corrected chi connectivity index (χ0v) is 14.6. The number of carboxylic acids is 1. The SMILES string of the molecule is O=C(O)c1ccccc1NC(=O)N1C[C@@H]2C(c3ccccc3C(F)(F)F)[C@@H]2C1. The van der Waals surface area contributed by atoms with Crippen molar-refractivity contribution in [1.82, 2.24) is 4.90 Å². The van der Waals surface area contributed by atoms with Crippen LogP contribution in [0.3, 0.4) is 0 Å². The Morgan fingerprint density at radius 2 is 1.61 bits per heavy atom. The Labute approximate surface area is 158 Å². The van der Waals surface area contributed by atoms with Gasteiger partial charge in [0, 0.05) is 13.1 Å².